The molecule has 1 amide bonds. The zero-order valence-electron chi connectivity index (χ0n) is 14.4. The lowest BCUT2D eigenvalue weighted by Gasteiger charge is -2.25. The minimum absolute atomic E-state index is 0.0346. The number of hydrogen-bond donors (Lipinski definition) is 0. The highest BCUT2D eigenvalue weighted by molar-refractivity contribution is 8.00. The van der Waals surface area contributed by atoms with Gasteiger partial charge in [0.05, 0.1) is 5.75 Å². The van der Waals surface area contributed by atoms with Crippen LogP contribution < -0.4 is 9.64 Å². The molecule has 3 nitrogen and oxygen atoms in total. The van der Waals surface area contributed by atoms with Gasteiger partial charge < -0.3 is 4.74 Å². The third-order valence-corrected chi connectivity index (χ3v) is 6.27. The molecule has 0 saturated carbocycles. The number of halogens is 3. The normalized spacial score (nSPS) is 16.5. The quantitative estimate of drug-likeness (QED) is 0.420. The average Bonchev–Trinajstić information content (AvgIpc) is 3.05. The standard InChI is InChI=1S/C21H14Cl3NO2S/c22-13-1-6-16(7-2-13)27-17-8-4-15(5-9-17)25-20(26)12-28-21(25)18-10-3-14(23)11-19(18)24/h1-11,21H,12H2. The van der Waals surface area contributed by atoms with Crippen molar-refractivity contribution in [2.45, 2.75) is 5.37 Å². The maximum Gasteiger partial charge on any atom is 0.238 e. The number of benzene rings is 3. The highest BCUT2D eigenvalue weighted by Crippen LogP contribution is 2.44. The van der Waals surface area contributed by atoms with E-state index in [1.165, 1.54) is 11.8 Å². The van der Waals surface area contributed by atoms with Gasteiger partial charge in [-0.3, -0.25) is 9.69 Å². The molecule has 3 aromatic carbocycles. The van der Waals surface area contributed by atoms with Crippen LogP contribution >= 0.6 is 46.6 Å². The number of anilines is 1. The van der Waals surface area contributed by atoms with Crippen molar-refractivity contribution in [2.24, 2.45) is 0 Å². The minimum Gasteiger partial charge on any atom is -0.457 e. The Morgan fingerprint density at radius 3 is 2.11 bits per heavy atom. The third-order valence-electron chi connectivity index (χ3n) is 4.26. The monoisotopic (exact) mass is 449 g/mol. The van der Waals surface area contributed by atoms with Crippen LogP contribution in [-0.2, 0) is 4.79 Å². The molecule has 142 valence electrons. The van der Waals surface area contributed by atoms with Gasteiger partial charge in [0.25, 0.3) is 0 Å². The predicted molar refractivity (Wildman–Crippen MR) is 117 cm³/mol. The second-order valence-corrected chi connectivity index (χ2v) is 8.49. The minimum atomic E-state index is -0.194. The van der Waals surface area contributed by atoms with E-state index < -0.39 is 0 Å². The van der Waals surface area contributed by atoms with E-state index in [4.69, 9.17) is 39.5 Å². The Hall–Kier alpha value is -1.85. The van der Waals surface area contributed by atoms with E-state index in [2.05, 4.69) is 0 Å². The molecule has 1 fully saturated rings. The highest BCUT2D eigenvalue weighted by atomic mass is 35.5. The van der Waals surface area contributed by atoms with Crippen molar-refractivity contribution in [3.63, 3.8) is 0 Å². The lowest BCUT2D eigenvalue weighted by atomic mass is 10.2. The Balaban J connectivity index is 1.58. The summed E-state index contributed by atoms with van der Waals surface area (Å²) in [6, 6.07) is 19.9. The largest absolute Gasteiger partial charge is 0.457 e. The van der Waals surface area contributed by atoms with Gasteiger partial charge >= 0.3 is 0 Å². The molecule has 1 unspecified atom stereocenters. The van der Waals surface area contributed by atoms with Crippen LogP contribution in [0.1, 0.15) is 10.9 Å². The van der Waals surface area contributed by atoms with E-state index in [0.29, 0.717) is 32.3 Å². The van der Waals surface area contributed by atoms with Crippen LogP contribution in [0.4, 0.5) is 5.69 Å². The summed E-state index contributed by atoms with van der Waals surface area (Å²) in [6.07, 6.45) is 0. The predicted octanol–water partition coefficient (Wildman–Crippen LogP) is 7.22. The van der Waals surface area contributed by atoms with Crippen molar-refractivity contribution in [1.29, 1.82) is 0 Å². The van der Waals surface area contributed by atoms with Crippen molar-refractivity contribution in [3.8, 4) is 11.5 Å². The molecule has 28 heavy (non-hydrogen) atoms. The number of hydrogen-bond acceptors (Lipinski definition) is 3. The molecular weight excluding hydrogens is 437 g/mol. The molecule has 4 rings (SSSR count). The molecule has 7 heteroatoms. The Morgan fingerprint density at radius 1 is 0.857 bits per heavy atom. The molecule has 0 aromatic heterocycles. The molecular formula is C21H14Cl3NO2S. The van der Waals surface area contributed by atoms with E-state index in [0.717, 1.165) is 11.3 Å². The Bertz CT molecular complexity index is 1010. The summed E-state index contributed by atoms with van der Waals surface area (Å²) in [5.74, 6) is 1.79. The van der Waals surface area contributed by atoms with Crippen molar-refractivity contribution < 1.29 is 9.53 Å². The van der Waals surface area contributed by atoms with Crippen molar-refractivity contribution in [3.05, 3.63) is 87.4 Å². The third kappa shape index (κ3) is 4.11. The molecule has 1 aliphatic heterocycles. The molecule has 1 atom stereocenters. The summed E-state index contributed by atoms with van der Waals surface area (Å²) in [7, 11) is 0. The summed E-state index contributed by atoms with van der Waals surface area (Å²) in [5.41, 5.74) is 1.65. The van der Waals surface area contributed by atoms with Crippen LogP contribution in [0.2, 0.25) is 15.1 Å². The van der Waals surface area contributed by atoms with Gasteiger partial charge in [-0.05, 0) is 60.7 Å². The number of ether oxygens (including phenoxy) is 1. The first-order valence-electron chi connectivity index (χ1n) is 8.43. The van der Waals surface area contributed by atoms with Crippen LogP contribution in [-0.4, -0.2) is 11.7 Å². The molecule has 1 aliphatic rings. The second kappa shape index (κ2) is 8.26. The lowest BCUT2D eigenvalue weighted by molar-refractivity contribution is -0.115. The second-order valence-electron chi connectivity index (χ2n) is 6.14. The average molecular weight is 451 g/mol. The summed E-state index contributed by atoms with van der Waals surface area (Å²) in [5, 5.41) is 1.57. The summed E-state index contributed by atoms with van der Waals surface area (Å²) in [6.45, 7) is 0. The number of rotatable bonds is 4. The van der Waals surface area contributed by atoms with Crippen LogP contribution in [0.5, 0.6) is 11.5 Å². The molecule has 0 N–H and O–H groups in total. The fourth-order valence-corrected chi connectivity index (χ4v) is 4.86. The fourth-order valence-electron chi connectivity index (χ4n) is 2.95. The van der Waals surface area contributed by atoms with Gasteiger partial charge in [0.15, 0.2) is 0 Å². The van der Waals surface area contributed by atoms with Gasteiger partial charge in [0, 0.05) is 26.3 Å². The van der Waals surface area contributed by atoms with Gasteiger partial charge in [-0.25, -0.2) is 0 Å². The molecule has 1 heterocycles. The van der Waals surface area contributed by atoms with Crippen molar-refractivity contribution in [1.82, 2.24) is 0 Å². The van der Waals surface area contributed by atoms with E-state index >= 15 is 0 Å². The molecule has 0 spiro atoms. The van der Waals surface area contributed by atoms with Crippen molar-refractivity contribution in [2.75, 3.05) is 10.7 Å². The fraction of sp³-hybridized carbons (Fsp3) is 0.0952. The van der Waals surface area contributed by atoms with Gasteiger partial charge in [0.2, 0.25) is 5.91 Å². The topological polar surface area (TPSA) is 29.5 Å². The van der Waals surface area contributed by atoms with Crippen LogP contribution in [0.15, 0.2) is 66.7 Å². The van der Waals surface area contributed by atoms with E-state index in [-0.39, 0.29) is 11.3 Å². The highest BCUT2D eigenvalue weighted by Gasteiger charge is 2.35. The van der Waals surface area contributed by atoms with Crippen LogP contribution in [0, 0.1) is 0 Å². The van der Waals surface area contributed by atoms with E-state index in [9.17, 15) is 4.79 Å². The number of thioether (sulfide) groups is 1. The summed E-state index contributed by atoms with van der Waals surface area (Å²) < 4.78 is 5.82. The van der Waals surface area contributed by atoms with Crippen LogP contribution in [0.3, 0.4) is 0 Å². The van der Waals surface area contributed by atoms with Crippen molar-refractivity contribution >= 4 is 58.2 Å². The number of nitrogens with zero attached hydrogens (tertiary/aromatic N) is 1. The molecule has 3 aromatic rings. The number of amides is 1. The van der Waals surface area contributed by atoms with Gasteiger partial charge in [-0.2, -0.15) is 0 Å². The number of carbonyl (C=O) groups excluding carboxylic acids is 1. The summed E-state index contributed by atoms with van der Waals surface area (Å²) in [4.78, 5) is 14.3. The zero-order chi connectivity index (χ0) is 19.7. The zero-order valence-corrected chi connectivity index (χ0v) is 17.5. The molecule has 1 saturated heterocycles. The Kier molecular flexibility index (Phi) is 5.74. The first-order chi connectivity index (χ1) is 13.5. The van der Waals surface area contributed by atoms with Crippen LogP contribution in [0.25, 0.3) is 0 Å². The first kappa shape index (κ1) is 19.5. The van der Waals surface area contributed by atoms with E-state index in [1.54, 1.807) is 41.3 Å². The van der Waals surface area contributed by atoms with Gasteiger partial charge in [-0.1, -0.05) is 40.9 Å². The Morgan fingerprint density at radius 2 is 1.46 bits per heavy atom. The molecule has 0 radical (unpaired) electrons. The van der Waals surface area contributed by atoms with E-state index in [1.807, 2.05) is 30.3 Å². The lowest BCUT2D eigenvalue weighted by Crippen LogP contribution is -2.27. The van der Waals surface area contributed by atoms with Gasteiger partial charge in [0.1, 0.15) is 16.9 Å². The first-order valence-corrected chi connectivity index (χ1v) is 10.6. The number of carbonyl (C=O) groups is 1. The molecule has 0 bridgehead atoms. The smallest absolute Gasteiger partial charge is 0.238 e. The SMILES string of the molecule is O=C1CSC(c2ccc(Cl)cc2Cl)N1c1ccc(Oc2ccc(Cl)cc2)cc1. The summed E-state index contributed by atoms with van der Waals surface area (Å²) >= 11 is 19.8. The maximum atomic E-state index is 12.5. The van der Waals surface area contributed by atoms with Gasteiger partial charge in [-0.15, -0.1) is 11.8 Å². The Labute approximate surface area is 182 Å². The molecule has 0 aliphatic carbocycles. The maximum absolute atomic E-state index is 12.5.